The molecule has 0 saturated carbocycles. The normalized spacial score (nSPS) is 10.6. The Kier molecular flexibility index (Phi) is 8.32. The molecule has 2 nitrogen and oxygen atoms in total. The van der Waals surface area contributed by atoms with Gasteiger partial charge in [-0.25, -0.2) is 0 Å². The van der Waals surface area contributed by atoms with Crippen LogP contribution in [0.3, 0.4) is 0 Å². The van der Waals surface area contributed by atoms with Crippen LogP contribution in [0.25, 0.3) is 0 Å². The van der Waals surface area contributed by atoms with E-state index in [2.05, 4.69) is 43.4 Å². The average Bonchev–Trinajstić information content (AvgIpc) is 2.41. The van der Waals surface area contributed by atoms with Crippen LogP contribution in [0.4, 0.5) is 0 Å². The summed E-state index contributed by atoms with van der Waals surface area (Å²) in [5.41, 5.74) is 1.33. The number of nitrogens with one attached hydrogen (secondary N) is 1. The number of ether oxygens (including phenoxy) is 1. The van der Waals surface area contributed by atoms with E-state index in [-0.39, 0.29) is 0 Å². The summed E-state index contributed by atoms with van der Waals surface area (Å²) in [5.74, 6) is 0.989. The Labute approximate surface area is 112 Å². The highest BCUT2D eigenvalue weighted by molar-refractivity contribution is 5.27. The summed E-state index contributed by atoms with van der Waals surface area (Å²) < 4.78 is 5.69. The third-order valence-electron chi connectivity index (χ3n) is 2.98. The minimum Gasteiger partial charge on any atom is -0.494 e. The van der Waals surface area contributed by atoms with E-state index in [4.69, 9.17) is 4.74 Å². The second-order valence-electron chi connectivity index (χ2n) is 4.73. The fraction of sp³-hybridized carbons (Fsp3) is 0.625. The van der Waals surface area contributed by atoms with E-state index in [0.717, 1.165) is 31.9 Å². The Bertz CT molecular complexity index is 263. The second-order valence-corrected chi connectivity index (χ2v) is 4.73. The predicted octanol–water partition coefficient (Wildman–Crippen LogP) is 4.15. The lowest BCUT2D eigenvalue weighted by molar-refractivity contribution is 0.306. The van der Waals surface area contributed by atoms with Crippen molar-refractivity contribution >= 4 is 0 Å². The largest absolute Gasteiger partial charge is 0.494 e. The standard InChI is InChI=1S/C16H27NO/c1-3-5-7-13-18-16-10-8-15(9-11-16)14-17-12-6-4-2/h8-11,17H,3-7,12-14H2,1-2H3. The molecule has 18 heavy (non-hydrogen) atoms. The van der Waals surface area contributed by atoms with Gasteiger partial charge in [0.15, 0.2) is 0 Å². The SMILES string of the molecule is CCCCCOc1ccc(CNCCCC)cc1. The molecule has 102 valence electrons. The topological polar surface area (TPSA) is 21.3 Å². The van der Waals surface area contributed by atoms with Gasteiger partial charge < -0.3 is 10.1 Å². The van der Waals surface area contributed by atoms with Crippen LogP contribution in [0.5, 0.6) is 5.75 Å². The molecular formula is C16H27NO. The van der Waals surface area contributed by atoms with Crippen LogP contribution in [0.1, 0.15) is 51.5 Å². The van der Waals surface area contributed by atoms with Gasteiger partial charge in [0.2, 0.25) is 0 Å². The zero-order valence-corrected chi connectivity index (χ0v) is 11.9. The van der Waals surface area contributed by atoms with Crippen LogP contribution in [-0.4, -0.2) is 13.2 Å². The van der Waals surface area contributed by atoms with Gasteiger partial charge in [-0.05, 0) is 37.1 Å². The number of hydrogen-bond donors (Lipinski definition) is 1. The van der Waals surface area contributed by atoms with Crippen LogP contribution in [0, 0.1) is 0 Å². The van der Waals surface area contributed by atoms with Crippen LogP contribution in [0.2, 0.25) is 0 Å². The van der Waals surface area contributed by atoms with Gasteiger partial charge in [-0.15, -0.1) is 0 Å². The van der Waals surface area contributed by atoms with Crippen molar-refractivity contribution in [3.8, 4) is 5.75 Å². The van der Waals surface area contributed by atoms with Crippen LogP contribution >= 0.6 is 0 Å². The quantitative estimate of drug-likeness (QED) is 0.629. The maximum atomic E-state index is 5.69. The van der Waals surface area contributed by atoms with Crippen LogP contribution in [-0.2, 0) is 6.54 Å². The van der Waals surface area contributed by atoms with Crippen molar-refractivity contribution in [3.63, 3.8) is 0 Å². The van der Waals surface area contributed by atoms with Gasteiger partial charge in [0.1, 0.15) is 5.75 Å². The molecule has 0 heterocycles. The Morgan fingerprint density at radius 3 is 2.33 bits per heavy atom. The molecule has 0 aliphatic rings. The van der Waals surface area contributed by atoms with Gasteiger partial charge in [-0.2, -0.15) is 0 Å². The van der Waals surface area contributed by atoms with Crippen molar-refractivity contribution in [2.45, 2.75) is 52.5 Å². The first-order valence-corrected chi connectivity index (χ1v) is 7.29. The minimum atomic E-state index is 0.835. The molecule has 0 spiro atoms. The molecule has 0 bridgehead atoms. The number of hydrogen-bond acceptors (Lipinski definition) is 2. The van der Waals surface area contributed by atoms with Crippen molar-refractivity contribution in [1.29, 1.82) is 0 Å². The van der Waals surface area contributed by atoms with Gasteiger partial charge in [-0.3, -0.25) is 0 Å². The van der Waals surface area contributed by atoms with E-state index in [0.29, 0.717) is 0 Å². The number of benzene rings is 1. The van der Waals surface area contributed by atoms with Crippen molar-refractivity contribution in [1.82, 2.24) is 5.32 Å². The monoisotopic (exact) mass is 249 g/mol. The number of rotatable bonds is 10. The van der Waals surface area contributed by atoms with Crippen molar-refractivity contribution < 1.29 is 4.74 Å². The third kappa shape index (κ3) is 6.65. The summed E-state index contributed by atoms with van der Waals surface area (Å²) in [6, 6.07) is 8.44. The highest BCUT2D eigenvalue weighted by atomic mass is 16.5. The maximum Gasteiger partial charge on any atom is 0.119 e. The highest BCUT2D eigenvalue weighted by Gasteiger charge is 1.95. The summed E-state index contributed by atoms with van der Waals surface area (Å²) in [6.45, 7) is 7.32. The molecule has 1 aromatic rings. The molecule has 0 saturated heterocycles. The molecule has 1 rings (SSSR count). The molecule has 0 radical (unpaired) electrons. The van der Waals surface area contributed by atoms with Gasteiger partial charge in [-0.1, -0.05) is 45.2 Å². The highest BCUT2D eigenvalue weighted by Crippen LogP contribution is 2.12. The van der Waals surface area contributed by atoms with Crippen molar-refractivity contribution in [2.24, 2.45) is 0 Å². The van der Waals surface area contributed by atoms with E-state index in [1.54, 1.807) is 0 Å². The van der Waals surface area contributed by atoms with E-state index in [1.165, 1.54) is 31.2 Å². The van der Waals surface area contributed by atoms with Gasteiger partial charge >= 0.3 is 0 Å². The molecule has 0 atom stereocenters. The fourth-order valence-electron chi connectivity index (χ4n) is 1.78. The molecular weight excluding hydrogens is 222 g/mol. The summed E-state index contributed by atoms with van der Waals surface area (Å²) in [7, 11) is 0. The zero-order chi connectivity index (χ0) is 13.1. The van der Waals surface area contributed by atoms with E-state index >= 15 is 0 Å². The molecule has 0 fully saturated rings. The van der Waals surface area contributed by atoms with Crippen LogP contribution in [0.15, 0.2) is 24.3 Å². The lowest BCUT2D eigenvalue weighted by atomic mass is 10.2. The molecule has 0 aliphatic carbocycles. The molecule has 0 unspecified atom stereocenters. The number of unbranched alkanes of at least 4 members (excludes halogenated alkanes) is 3. The summed E-state index contributed by atoms with van der Waals surface area (Å²) in [6.07, 6.45) is 6.14. The first-order chi connectivity index (χ1) is 8.86. The smallest absolute Gasteiger partial charge is 0.119 e. The average molecular weight is 249 g/mol. The Balaban J connectivity index is 2.20. The van der Waals surface area contributed by atoms with Crippen LogP contribution < -0.4 is 10.1 Å². The van der Waals surface area contributed by atoms with Gasteiger partial charge in [0.05, 0.1) is 6.61 Å². The molecule has 0 aliphatic heterocycles. The second kappa shape index (κ2) is 9.95. The maximum absolute atomic E-state index is 5.69. The Morgan fingerprint density at radius 2 is 1.67 bits per heavy atom. The lowest BCUT2D eigenvalue weighted by Gasteiger charge is -2.07. The summed E-state index contributed by atoms with van der Waals surface area (Å²) >= 11 is 0. The first-order valence-electron chi connectivity index (χ1n) is 7.29. The summed E-state index contributed by atoms with van der Waals surface area (Å²) in [4.78, 5) is 0. The van der Waals surface area contributed by atoms with Gasteiger partial charge in [0, 0.05) is 6.54 Å². The van der Waals surface area contributed by atoms with Crippen molar-refractivity contribution in [3.05, 3.63) is 29.8 Å². The molecule has 0 aromatic heterocycles. The Hall–Kier alpha value is -1.02. The van der Waals surface area contributed by atoms with Gasteiger partial charge in [0.25, 0.3) is 0 Å². The lowest BCUT2D eigenvalue weighted by Crippen LogP contribution is -2.14. The Morgan fingerprint density at radius 1 is 0.944 bits per heavy atom. The predicted molar refractivity (Wildman–Crippen MR) is 78.1 cm³/mol. The van der Waals surface area contributed by atoms with E-state index in [9.17, 15) is 0 Å². The third-order valence-corrected chi connectivity index (χ3v) is 2.98. The van der Waals surface area contributed by atoms with E-state index < -0.39 is 0 Å². The molecule has 1 aromatic carbocycles. The first kappa shape index (κ1) is 15.0. The molecule has 1 N–H and O–H groups in total. The minimum absolute atomic E-state index is 0.835. The fourth-order valence-corrected chi connectivity index (χ4v) is 1.78. The van der Waals surface area contributed by atoms with E-state index in [1.807, 2.05) is 0 Å². The van der Waals surface area contributed by atoms with Crippen molar-refractivity contribution in [2.75, 3.05) is 13.2 Å². The zero-order valence-electron chi connectivity index (χ0n) is 11.9. The molecule has 0 amide bonds. The molecule has 2 heteroatoms. The summed E-state index contributed by atoms with van der Waals surface area (Å²) in [5, 5.41) is 3.44.